The van der Waals surface area contributed by atoms with Crippen LogP contribution in [0.4, 0.5) is 21.9 Å². The van der Waals surface area contributed by atoms with Crippen LogP contribution in [0.1, 0.15) is 44.9 Å². The molecule has 2 atom stereocenters. The number of likely N-dealkylation sites (N-methyl/N-ethyl adjacent to an activating group) is 1. The van der Waals surface area contributed by atoms with Crippen LogP contribution in [-0.4, -0.2) is 74.2 Å². The Bertz CT molecular complexity index is 1080. The van der Waals surface area contributed by atoms with Gasteiger partial charge in [-0.05, 0) is 107 Å². The number of nitrogens with zero attached hydrogens (tertiary/aromatic N) is 3. The molecule has 0 radical (unpaired) electrons. The van der Waals surface area contributed by atoms with Gasteiger partial charge in [-0.15, -0.1) is 0 Å². The molecule has 2 unspecified atom stereocenters. The molecule has 3 aliphatic rings. The average molecular weight is 520 g/mol. The van der Waals surface area contributed by atoms with Crippen LogP contribution in [0.3, 0.4) is 0 Å². The molecule has 2 aromatic rings. The fraction of sp³-hybridized carbons (Fsp3) is 0.533. The number of hydrogen-bond donors (Lipinski definition) is 2. The molecule has 2 heterocycles. The number of carbonyl (C=O) groups excluding carboxylic acids is 2. The first-order valence-electron chi connectivity index (χ1n) is 14.1. The first kappa shape index (κ1) is 26.4. The summed E-state index contributed by atoms with van der Waals surface area (Å²) in [4.78, 5) is 32.1. The molecule has 0 aromatic heterocycles. The van der Waals surface area contributed by atoms with Crippen LogP contribution in [-0.2, 0) is 4.79 Å². The summed E-state index contributed by atoms with van der Waals surface area (Å²) in [5, 5.41) is 5.79. The molecule has 1 saturated carbocycles. The highest BCUT2D eigenvalue weighted by molar-refractivity contribution is 5.99. The molecule has 2 aliphatic heterocycles. The van der Waals surface area contributed by atoms with Gasteiger partial charge in [0.1, 0.15) is 5.75 Å². The van der Waals surface area contributed by atoms with E-state index in [1.807, 2.05) is 60.5 Å². The summed E-state index contributed by atoms with van der Waals surface area (Å²) in [5.41, 5.74) is 2.56. The van der Waals surface area contributed by atoms with Crippen LogP contribution in [0, 0.1) is 5.92 Å². The van der Waals surface area contributed by atoms with Gasteiger partial charge in [0.05, 0.1) is 18.1 Å². The van der Waals surface area contributed by atoms with Crippen molar-refractivity contribution in [2.45, 2.75) is 57.1 Å². The SMILES string of the molecule is CN1CCCC(C(=O)N(C)C2CCN(c3ccc(NC(=O)Nc4ccc(OC5CCCC5)cc4)cc3)C2)C1. The van der Waals surface area contributed by atoms with Crippen LogP contribution in [0.2, 0.25) is 0 Å². The molecule has 1 aliphatic carbocycles. The molecule has 3 fully saturated rings. The number of carbonyl (C=O) groups is 2. The van der Waals surface area contributed by atoms with Crippen LogP contribution < -0.4 is 20.3 Å². The minimum atomic E-state index is -0.281. The maximum absolute atomic E-state index is 13.1. The van der Waals surface area contributed by atoms with Gasteiger partial charge in [0.25, 0.3) is 0 Å². The summed E-state index contributed by atoms with van der Waals surface area (Å²) in [5.74, 6) is 1.25. The van der Waals surface area contributed by atoms with Crippen molar-refractivity contribution in [3.63, 3.8) is 0 Å². The third kappa shape index (κ3) is 6.59. The number of likely N-dealkylation sites (tertiary alicyclic amines) is 1. The molecular formula is C30H41N5O3. The number of benzene rings is 2. The van der Waals surface area contributed by atoms with Gasteiger partial charge < -0.3 is 30.1 Å². The molecule has 2 N–H and O–H groups in total. The normalized spacial score (nSPS) is 22.3. The van der Waals surface area contributed by atoms with Gasteiger partial charge in [-0.3, -0.25) is 4.79 Å². The van der Waals surface area contributed by atoms with Crippen molar-refractivity contribution in [1.29, 1.82) is 0 Å². The molecule has 0 bridgehead atoms. The zero-order valence-corrected chi connectivity index (χ0v) is 22.7. The molecular weight excluding hydrogens is 478 g/mol. The second-order valence-electron chi connectivity index (χ2n) is 11.1. The highest BCUT2D eigenvalue weighted by Gasteiger charge is 2.33. The first-order valence-corrected chi connectivity index (χ1v) is 14.1. The predicted molar refractivity (Wildman–Crippen MR) is 152 cm³/mol. The number of hydrogen-bond acceptors (Lipinski definition) is 5. The summed E-state index contributed by atoms with van der Waals surface area (Å²) in [6.07, 6.45) is 8.09. The standard InChI is InChI=1S/C30H41N5O3/c1-33-18-5-6-22(20-33)29(36)34(2)26-17-19-35(21-26)25-13-9-23(10-14-25)31-30(37)32-24-11-15-28(16-12-24)38-27-7-3-4-8-27/h9-16,22,26-27H,3-8,17-21H2,1-2H3,(H2,31,32,37). The second kappa shape index (κ2) is 12.1. The van der Waals surface area contributed by atoms with Gasteiger partial charge in [0.2, 0.25) is 5.91 Å². The van der Waals surface area contributed by atoms with E-state index >= 15 is 0 Å². The van der Waals surface area contributed by atoms with Crippen molar-refractivity contribution in [1.82, 2.24) is 9.80 Å². The smallest absolute Gasteiger partial charge is 0.323 e. The molecule has 204 valence electrons. The fourth-order valence-corrected chi connectivity index (χ4v) is 5.99. The van der Waals surface area contributed by atoms with Gasteiger partial charge in [-0.1, -0.05) is 0 Å². The Morgan fingerprint density at radius 2 is 1.50 bits per heavy atom. The Hall–Kier alpha value is -3.26. The lowest BCUT2D eigenvalue weighted by Gasteiger charge is -2.34. The van der Waals surface area contributed by atoms with E-state index in [2.05, 4.69) is 27.5 Å². The first-order chi connectivity index (χ1) is 18.4. The molecule has 5 rings (SSSR count). The van der Waals surface area contributed by atoms with E-state index in [-0.39, 0.29) is 23.9 Å². The third-order valence-corrected chi connectivity index (χ3v) is 8.24. The minimum absolute atomic E-state index is 0.118. The van der Waals surface area contributed by atoms with Crippen molar-refractivity contribution in [2.75, 3.05) is 55.8 Å². The van der Waals surface area contributed by atoms with E-state index < -0.39 is 0 Å². The van der Waals surface area contributed by atoms with Crippen molar-refractivity contribution in [3.8, 4) is 5.75 Å². The Kier molecular flexibility index (Phi) is 8.37. The largest absolute Gasteiger partial charge is 0.490 e. The monoisotopic (exact) mass is 519 g/mol. The Morgan fingerprint density at radius 3 is 2.16 bits per heavy atom. The average Bonchev–Trinajstić information content (AvgIpc) is 3.62. The summed E-state index contributed by atoms with van der Waals surface area (Å²) in [7, 11) is 4.07. The van der Waals surface area contributed by atoms with Crippen LogP contribution >= 0.6 is 0 Å². The summed E-state index contributed by atoms with van der Waals surface area (Å²) in [6.45, 7) is 3.70. The van der Waals surface area contributed by atoms with Gasteiger partial charge in [-0.2, -0.15) is 0 Å². The zero-order chi connectivity index (χ0) is 26.5. The maximum atomic E-state index is 13.1. The van der Waals surface area contributed by atoms with Gasteiger partial charge in [0, 0.05) is 43.7 Å². The van der Waals surface area contributed by atoms with Crippen LogP contribution in [0.5, 0.6) is 5.75 Å². The maximum Gasteiger partial charge on any atom is 0.323 e. The molecule has 2 saturated heterocycles. The van der Waals surface area contributed by atoms with E-state index in [0.29, 0.717) is 6.10 Å². The van der Waals surface area contributed by atoms with Crippen molar-refractivity contribution in [2.24, 2.45) is 5.92 Å². The molecule has 38 heavy (non-hydrogen) atoms. The van der Waals surface area contributed by atoms with E-state index in [0.717, 1.165) is 81.1 Å². The number of urea groups is 1. The fourth-order valence-electron chi connectivity index (χ4n) is 5.99. The summed E-state index contributed by atoms with van der Waals surface area (Å²) in [6, 6.07) is 15.4. The van der Waals surface area contributed by atoms with E-state index in [1.165, 1.54) is 12.8 Å². The van der Waals surface area contributed by atoms with Crippen molar-refractivity contribution < 1.29 is 14.3 Å². The lowest BCUT2D eigenvalue weighted by molar-refractivity contribution is -0.137. The highest BCUT2D eigenvalue weighted by atomic mass is 16.5. The molecule has 2 aromatic carbocycles. The minimum Gasteiger partial charge on any atom is -0.490 e. The molecule has 0 spiro atoms. The van der Waals surface area contributed by atoms with Crippen LogP contribution in [0.15, 0.2) is 48.5 Å². The van der Waals surface area contributed by atoms with E-state index in [9.17, 15) is 9.59 Å². The number of rotatable bonds is 7. The highest BCUT2D eigenvalue weighted by Crippen LogP contribution is 2.27. The number of piperidine rings is 1. The van der Waals surface area contributed by atoms with Crippen LogP contribution in [0.25, 0.3) is 0 Å². The van der Waals surface area contributed by atoms with Crippen molar-refractivity contribution >= 4 is 29.0 Å². The number of amides is 3. The summed E-state index contributed by atoms with van der Waals surface area (Å²) >= 11 is 0. The molecule has 8 nitrogen and oxygen atoms in total. The number of ether oxygens (including phenoxy) is 1. The lowest BCUT2D eigenvalue weighted by Crippen LogP contribution is -2.46. The number of nitrogens with one attached hydrogen (secondary N) is 2. The Morgan fingerprint density at radius 1 is 0.842 bits per heavy atom. The Labute approximate surface area is 226 Å². The lowest BCUT2D eigenvalue weighted by atomic mass is 9.96. The topological polar surface area (TPSA) is 77.2 Å². The molecule has 8 heteroatoms. The zero-order valence-electron chi connectivity index (χ0n) is 22.7. The number of anilines is 3. The van der Waals surface area contributed by atoms with E-state index in [4.69, 9.17) is 4.74 Å². The molecule has 3 amide bonds. The van der Waals surface area contributed by atoms with Gasteiger partial charge in [-0.25, -0.2) is 4.79 Å². The van der Waals surface area contributed by atoms with Gasteiger partial charge >= 0.3 is 6.03 Å². The summed E-state index contributed by atoms with van der Waals surface area (Å²) < 4.78 is 5.99. The van der Waals surface area contributed by atoms with Crippen molar-refractivity contribution in [3.05, 3.63) is 48.5 Å². The third-order valence-electron chi connectivity index (χ3n) is 8.24. The predicted octanol–water partition coefficient (Wildman–Crippen LogP) is 5.03. The Balaban J connectivity index is 1.08. The quantitative estimate of drug-likeness (QED) is 0.537. The second-order valence-corrected chi connectivity index (χ2v) is 11.1. The van der Waals surface area contributed by atoms with E-state index in [1.54, 1.807) is 0 Å². The van der Waals surface area contributed by atoms with Gasteiger partial charge in [0.15, 0.2) is 0 Å².